The van der Waals surface area contributed by atoms with Crippen molar-refractivity contribution in [3.63, 3.8) is 0 Å². The van der Waals surface area contributed by atoms with Crippen LogP contribution in [0.4, 0.5) is 5.95 Å². The third-order valence-corrected chi connectivity index (χ3v) is 5.47. The molecule has 18 heavy (non-hydrogen) atoms. The fourth-order valence-corrected chi connectivity index (χ4v) is 3.90. The average molecular weight is 270 g/mol. The van der Waals surface area contributed by atoms with Crippen LogP contribution in [-0.4, -0.2) is 48.2 Å². The summed E-state index contributed by atoms with van der Waals surface area (Å²) in [4.78, 5) is 6.48. The lowest BCUT2D eigenvalue weighted by atomic mass is 10.1. The largest absolute Gasteiger partial charge is 0.338 e. The van der Waals surface area contributed by atoms with Gasteiger partial charge in [-0.1, -0.05) is 12.8 Å². The van der Waals surface area contributed by atoms with Crippen LogP contribution < -0.4 is 4.90 Å². The first-order chi connectivity index (χ1) is 8.64. The maximum absolute atomic E-state index is 11.4. The maximum atomic E-state index is 11.4. The zero-order valence-electron chi connectivity index (χ0n) is 10.3. The molecule has 0 unspecified atom stereocenters. The van der Waals surface area contributed by atoms with E-state index in [1.54, 1.807) is 0 Å². The predicted octanol–water partition coefficient (Wildman–Crippen LogP) is 0.697. The number of aromatic nitrogens is 3. The van der Waals surface area contributed by atoms with Crippen LogP contribution in [0.25, 0.3) is 0 Å². The molecule has 2 heterocycles. The van der Waals surface area contributed by atoms with Gasteiger partial charge in [0.25, 0.3) is 0 Å². The van der Waals surface area contributed by atoms with Crippen molar-refractivity contribution in [1.29, 1.82) is 0 Å². The van der Waals surface area contributed by atoms with E-state index in [9.17, 15) is 8.42 Å². The monoisotopic (exact) mass is 270 g/mol. The van der Waals surface area contributed by atoms with Crippen molar-refractivity contribution >= 4 is 15.8 Å². The maximum Gasteiger partial charge on any atom is 0.244 e. The van der Waals surface area contributed by atoms with E-state index in [2.05, 4.69) is 15.2 Å². The molecule has 1 aromatic rings. The summed E-state index contributed by atoms with van der Waals surface area (Å²) in [6.45, 7) is 1.01. The molecular weight excluding hydrogens is 252 g/mol. The molecule has 100 valence electrons. The Balaban J connectivity index is 1.70. The first kappa shape index (κ1) is 12.0. The van der Waals surface area contributed by atoms with Crippen LogP contribution >= 0.6 is 0 Å². The fraction of sp³-hybridized carbons (Fsp3) is 0.818. The van der Waals surface area contributed by atoms with Crippen LogP contribution in [0.5, 0.6) is 0 Å². The molecule has 2 aliphatic rings. The van der Waals surface area contributed by atoms with E-state index < -0.39 is 9.84 Å². The van der Waals surface area contributed by atoms with Gasteiger partial charge in [-0.25, -0.2) is 8.42 Å². The number of aromatic amines is 1. The smallest absolute Gasteiger partial charge is 0.244 e. The summed E-state index contributed by atoms with van der Waals surface area (Å²) < 4.78 is 22.7. The minimum atomic E-state index is -2.84. The van der Waals surface area contributed by atoms with Gasteiger partial charge >= 0.3 is 0 Å². The van der Waals surface area contributed by atoms with Crippen molar-refractivity contribution < 1.29 is 8.42 Å². The molecule has 0 radical (unpaired) electrons. The van der Waals surface area contributed by atoms with Gasteiger partial charge in [-0.3, -0.25) is 5.10 Å². The quantitative estimate of drug-likeness (QED) is 0.855. The topological polar surface area (TPSA) is 79.0 Å². The Hall–Kier alpha value is -1.11. The molecular formula is C11H18N4O2S. The number of hydrogen-bond acceptors (Lipinski definition) is 5. The Labute approximate surface area is 107 Å². The second-order valence-corrected chi connectivity index (χ2v) is 7.44. The first-order valence-electron chi connectivity index (χ1n) is 6.52. The molecule has 1 aliphatic heterocycles. The molecule has 0 bridgehead atoms. The van der Waals surface area contributed by atoms with E-state index >= 15 is 0 Å². The van der Waals surface area contributed by atoms with Crippen LogP contribution in [0.3, 0.4) is 0 Å². The molecule has 1 saturated heterocycles. The predicted molar refractivity (Wildman–Crippen MR) is 68.5 cm³/mol. The summed E-state index contributed by atoms with van der Waals surface area (Å²) in [6, 6.07) is 0. The fourth-order valence-electron chi connectivity index (χ4n) is 2.70. The molecule has 1 aliphatic carbocycles. The molecule has 6 nitrogen and oxygen atoms in total. The van der Waals surface area contributed by atoms with Crippen molar-refractivity contribution in [3.05, 3.63) is 5.82 Å². The minimum absolute atomic E-state index is 0.209. The van der Waals surface area contributed by atoms with Crippen molar-refractivity contribution in [2.24, 2.45) is 0 Å². The lowest BCUT2D eigenvalue weighted by molar-refractivity contribution is 0.585. The zero-order chi connectivity index (χ0) is 12.6. The average Bonchev–Trinajstić information content (AvgIpc) is 2.99. The lowest BCUT2D eigenvalue weighted by Crippen LogP contribution is -2.40. The molecule has 3 rings (SSSR count). The second-order valence-electron chi connectivity index (χ2n) is 5.14. The molecule has 0 spiro atoms. The van der Waals surface area contributed by atoms with Crippen molar-refractivity contribution in [3.8, 4) is 0 Å². The van der Waals surface area contributed by atoms with Gasteiger partial charge in [0.2, 0.25) is 5.95 Å². The number of sulfone groups is 1. The van der Waals surface area contributed by atoms with E-state index in [0.717, 1.165) is 5.82 Å². The number of rotatable bonds is 2. The first-order valence-corrected chi connectivity index (χ1v) is 8.34. The molecule has 1 N–H and O–H groups in total. The lowest BCUT2D eigenvalue weighted by Gasteiger charge is -2.25. The zero-order valence-corrected chi connectivity index (χ0v) is 11.1. The van der Waals surface area contributed by atoms with Crippen molar-refractivity contribution in [2.45, 2.75) is 31.6 Å². The molecule has 0 aromatic carbocycles. The summed E-state index contributed by atoms with van der Waals surface area (Å²) >= 11 is 0. The van der Waals surface area contributed by atoms with Gasteiger partial charge in [0, 0.05) is 19.0 Å². The highest BCUT2D eigenvalue weighted by molar-refractivity contribution is 7.91. The summed E-state index contributed by atoms with van der Waals surface area (Å²) in [7, 11) is -2.84. The number of H-pyrrole nitrogens is 1. The summed E-state index contributed by atoms with van der Waals surface area (Å²) in [6.07, 6.45) is 4.90. The van der Waals surface area contributed by atoms with Gasteiger partial charge in [0.1, 0.15) is 5.82 Å². The van der Waals surface area contributed by atoms with Crippen LogP contribution in [-0.2, 0) is 9.84 Å². The van der Waals surface area contributed by atoms with Crippen LogP contribution in [0.2, 0.25) is 0 Å². The Morgan fingerprint density at radius 2 is 1.83 bits per heavy atom. The van der Waals surface area contributed by atoms with E-state index in [1.807, 2.05) is 4.90 Å². The number of hydrogen-bond donors (Lipinski definition) is 1. The molecule has 1 saturated carbocycles. The summed E-state index contributed by atoms with van der Waals surface area (Å²) in [5, 5.41) is 7.24. The normalized spacial score (nSPS) is 24.6. The van der Waals surface area contributed by atoms with Gasteiger partial charge in [-0.05, 0) is 12.8 Å². The van der Waals surface area contributed by atoms with Crippen LogP contribution in [0.1, 0.15) is 37.4 Å². The molecule has 1 aromatic heterocycles. The van der Waals surface area contributed by atoms with Crippen molar-refractivity contribution in [2.75, 3.05) is 29.5 Å². The highest BCUT2D eigenvalue weighted by Gasteiger charge is 2.26. The Kier molecular flexibility index (Phi) is 3.01. The number of anilines is 1. The van der Waals surface area contributed by atoms with E-state index in [-0.39, 0.29) is 11.5 Å². The Bertz CT molecular complexity index is 505. The van der Waals surface area contributed by atoms with Gasteiger partial charge in [0.15, 0.2) is 9.84 Å². The summed E-state index contributed by atoms with van der Waals surface area (Å²) in [5.74, 6) is 2.56. The number of nitrogens with zero attached hydrogens (tertiary/aromatic N) is 3. The highest BCUT2D eigenvalue weighted by atomic mass is 32.2. The third kappa shape index (κ3) is 2.36. The van der Waals surface area contributed by atoms with Gasteiger partial charge < -0.3 is 4.90 Å². The summed E-state index contributed by atoms with van der Waals surface area (Å²) in [5.41, 5.74) is 0. The molecule has 0 atom stereocenters. The van der Waals surface area contributed by atoms with Crippen LogP contribution in [0, 0.1) is 0 Å². The molecule has 7 heteroatoms. The van der Waals surface area contributed by atoms with Gasteiger partial charge in [-0.2, -0.15) is 4.98 Å². The molecule has 2 fully saturated rings. The Morgan fingerprint density at radius 3 is 2.50 bits per heavy atom. The Morgan fingerprint density at radius 1 is 1.17 bits per heavy atom. The van der Waals surface area contributed by atoms with Gasteiger partial charge in [-0.15, -0.1) is 5.10 Å². The van der Waals surface area contributed by atoms with Crippen molar-refractivity contribution in [1.82, 2.24) is 15.2 Å². The number of nitrogens with one attached hydrogen (secondary N) is 1. The third-order valence-electron chi connectivity index (χ3n) is 3.86. The van der Waals surface area contributed by atoms with E-state index in [4.69, 9.17) is 0 Å². The molecule has 0 amide bonds. The van der Waals surface area contributed by atoms with E-state index in [1.165, 1.54) is 25.7 Å². The van der Waals surface area contributed by atoms with Gasteiger partial charge in [0.05, 0.1) is 11.5 Å². The van der Waals surface area contributed by atoms with Crippen LogP contribution in [0.15, 0.2) is 0 Å². The SMILES string of the molecule is O=S1(=O)CCN(c2n[nH]c(C3CCCC3)n2)CC1. The second kappa shape index (κ2) is 4.53. The standard InChI is InChI=1S/C11H18N4O2S/c16-18(17)7-5-15(6-8-18)11-12-10(13-14-11)9-3-1-2-4-9/h9H,1-8H2,(H,12,13,14). The highest BCUT2D eigenvalue weighted by Crippen LogP contribution is 2.32. The minimum Gasteiger partial charge on any atom is -0.338 e. The van der Waals surface area contributed by atoms with E-state index in [0.29, 0.717) is 25.0 Å².